The van der Waals surface area contributed by atoms with Gasteiger partial charge in [0.1, 0.15) is 5.76 Å². The Morgan fingerprint density at radius 3 is 2.46 bits per heavy atom. The van der Waals surface area contributed by atoms with E-state index in [4.69, 9.17) is 4.42 Å². The van der Waals surface area contributed by atoms with E-state index in [1.807, 2.05) is 0 Å². The Labute approximate surface area is 160 Å². The Bertz CT molecular complexity index is 1090. The van der Waals surface area contributed by atoms with Crippen molar-refractivity contribution in [2.75, 3.05) is 5.32 Å². The molecule has 1 amide bonds. The standard InChI is InChI=1S/C18H15N3O6S/c22-18(20-14-3-1-4-15(11-14)21(23)24)13-6-8-17(9-7-13)28(25,26)19-12-16-5-2-10-27-16/h1-11,19H,12H2,(H,20,22). The molecule has 0 aliphatic carbocycles. The highest BCUT2D eigenvalue weighted by Gasteiger charge is 2.16. The zero-order chi connectivity index (χ0) is 20.1. The van der Waals surface area contributed by atoms with E-state index in [-0.39, 0.29) is 28.4 Å². The van der Waals surface area contributed by atoms with Crippen molar-refractivity contribution in [1.29, 1.82) is 0 Å². The van der Waals surface area contributed by atoms with Gasteiger partial charge < -0.3 is 9.73 Å². The Hall–Kier alpha value is -3.50. The first-order valence-corrected chi connectivity index (χ1v) is 9.51. The molecule has 3 rings (SSSR count). The first-order valence-electron chi connectivity index (χ1n) is 8.03. The van der Waals surface area contributed by atoms with E-state index < -0.39 is 20.9 Å². The Balaban J connectivity index is 1.68. The summed E-state index contributed by atoms with van der Waals surface area (Å²) in [6, 6.07) is 14.1. The number of nitrogens with zero attached hydrogens (tertiary/aromatic N) is 1. The fourth-order valence-corrected chi connectivity index (χ4v) is 3.34. The van der Waals surface area contributed by atoms with Crippen LogP contribution in [0.5, 0.6) is 0 Å². The lowest BCUT2D eigenvalue weighted by Gasteiger charge is -2.08. The average Bonchev–Trinajstić information content (AvgIpc) is 3.20. The fraction of sp³-hybridized carbons (Fsp3) is 0.0556. The van der Waals surface area contributed by atoms with Gasteiger partial charge in [0.25, 0.3) is 11.6 Å². The molecule has 0 atom stereocenters. The number of nitrogens with one attached hydrogen (secondary N) is 2. The van der Waals surface area contributed by atoms with Gasteiger partial charge in [-0.15, -0.1) is 0 Å². The molecule has 9 nitrogen and oxygen atoms in total. The van der Waals surface area contributed by atoms with E-state index >= 15 is 0 Å². The number of nitro groups is 1. The van der Waals surface area contributed by atoms with Crippen molar-refractivity contribution in [2.24, 2.45) is 0 Å². The van der Waals surface area contributed by atoms with Crippen molar-refractivity contribution in [3.05, 3.63) is 88.4 Å². The number of benzene rings is 2. The van der Waals surface area contributed by atoms with E-state index in [0.717, 1.165) is 0 Å². The highest BCUT2D eigenvalue weighted by molar-refractivity contribution is 7.89. The first-order chi connectivity index (χ1) is 13.3. The lowest BCUT2D eigenvalue weighted by Crippen LogP contribution is -2.23. The molecule has 0 bridgehead atoms. The molecule has 1 heterocycles. The predicted octanol–water partition coefficient (Wildman–Crippen LogP) is 2.92. The molecule has 0 unspecified atom stereocenters. The number of anilines is 1. The zero-order valence-electron chi connectivity index (χ0n) is 14.4. The highest BCUT2D eigenvalue weighted by Crippen LogP contribution is 2.18. The number of hydrogen-bond acceptors (Lipinski definition) is 6. The molecule has 28 heavy (non-hydrogen) atoms. The number of rotatable bonds is 7. The summed E-state index contributed by atoms with van der Waals surface area (Å²) in [5, 5.41) is 13.3. The summed E-state index contributed by atoms with van der Waals surface area (Å²) in [6.45, 7) is 0.00432. The summed E-state index contributed by atoms with van der Waals surface area (Å²) in [4.78, 5) is 22.5. The van der Waals surface area contributed by atoms with E-state index in [2.05, 4.69) is 10.0 Å². The maximum Gasteiger partial charge on any atom is 0.271 e. The third kappa shape index (κ3) is 4.61. The van der Waals surface area contributed by atoms with E-state index in [0.29, 0.717) is 5.76 Å². The molecule has 10 heteroatoms. The molecule has 144 valence electrons. The fourth-order valence-electron chi connectivity index (χ4n) is 2.35. The van der Waals surface area contributed by atoms with Gasteiger partial charge in [0, 0.05) is 23.4 Å². The van der Waals surface area contributed by atoms with Gasteiger partial charge in [-0.2, -0.15) is 0 Å². The van der Waals surface area contributed by atoms with Gasteiger partial charge in [0.2, 0.25) is 10.0 Å². The van der Waals surface area contributed by atoms with E-state index in [1.165, 1.54) is 54.8 Å². The number of carbonyl (C=O) groups excluding carboxylic acids is 1. The molecule has 3 aromatic rings. The first kappa shape index (κ1) is 19.3. The summed E-state index contributed by atoms with van der Waals surface area (Å²) in [7, 11) is -3.77. The van der Waals surface area contributed by atoms with Crippen LogP contribution < -0.4 is 10.0 Å². The quantitative estimate of drug-likeness (QED) is 0.462. The van der Waals surface area contributed by atoms with Crippen molar-refractivity contribution in [2.45, 2.75) is 11.4 Å². The highest BCUT2D eigenvalue weighted by atomic mass is 32.2. The number of non-ortho nitro benzene ring substituents is 1. The van der Waals surface area contributed by atoms with Gasteiger partial charge >= 0.3 is 0 Å². The molecule has 0 saturated heterocycles. The molecule has 0 radical (unpaired) electrons. The maximum absolute atomic E-state index is 12.3. The molecule has 1 aromatic heterocycles. The molecule has 0 spiro atoms. The molecular formula is C18H15N3O6S. The Kier molecular flexibility index (Phi) is 5.52. The largest absolute Gasteiger partial charge is 0.468 e. The van der Waals surface area contributed by atoms with Crippen LogP contribution in [0.4, 0.5) is 11.4 Å². The van der Waals surface area contributed by atoms with Crippen LogP contribution in [0.15, 0.2) is 76.2 Å². The van der Waals surface area contributed by atoms with Crippen LogP contribution in [0.1, 0.15) is 16.1 Å². The van der Waals surface area contributed by atoms with Crippen molar-refractivity contribution in [1.82, 2.24) is 4.72 Å². The second kappa shape index (κ2) is 8.03. The number of nitro benzene ring substituents is 1. The molecule has 0 fully saturated rings. The number of amides is 1. The van der Waals surface area contributed by atoms with E-state index in [9.17, 15) is 23.3 Å². The number of furan rings is 1. The SMILES string of the molecule is O=C(Nc1cccc([N+](=O)[O-])c1)c1ccc(S(=O)(=O)NCc2ccco2)cc1. The normalized spacial score (nSPS) is 11.1. The summed E-state index contributed by atoms with van der Waals surface area (Å²) in [5.74, 6) is -0.0514. The van der Waals surface area contributed by atoms with Crippen LogP contribution in [0, 0.1) is 10.1 Å². The van der Waals surface area contributed by atoms with Crippen LogP contribution >= 0.6 is 0 Å². The van der Waals surface area contributed by atoms with Gasteiger partial charge in [0.15, 0.2) is 0 Å². The molecule has 2 aromatic carbocycles. The van der Waals surface area contributed by atoms with Crippen LogP contribution in [-0.2, 0) is 16.6 Å². The van der Waals surface area contributed by atoms with Crippen LogP contribution in [0.2, 0.25) is 0 Å². The molecule has 0 aliphatic heterocycles. The minimum absolute atomic E-state index is 0.00432. The van der Waals surface area contributed by atoms with Gasteiger partial charge in [-0.05, 0) is 42.5 Å². The minimum atomic E-state index is -3.77. The lowest BCUT2D eigenvalue weighted by molar-refractivity contribution is -0.384. The van der Waals surface area contributed by atoms with Crippen molar-refractivity contribution in [3.8, 4) is 0 Å². The van der Waals surface area contributed by atoms with Crippen molar-refractivity contribution in [3.63, 3.8) is 0 Å². The second-order valence-corrected chi connectivity index (χ2v) is 7.46. The average molecular weight is 401 g/mol. The molecule has 0 saturated carbocycles. The Morgan fingerprint density at radius 1 is 1.07 bits per heavy atom. The topological polar surface area (TPSA) is 132 Å². The monoisotopic (exact) mass is 401 g/mol. The summed E-state index contributed by atoms with van der Waals surface area (Å²) in [5.41, 5.74) is 0.314. The summed E-state index contributed by atoms with van der Waals surface area (Å²) < 4.78 is 32.0. The molecular weight excluding hydrogens is 386 g/mol. The van der Waals surface area contributed by atoms with Gasteiger partial charge in [-0.3, -0.25) is 14.9 Å². The number of sulfonamides is 1. The Morgan fingerprint density at radius 2 is 1.82 bits per heavy atom. The number of carbonyl (C=O) groups is 1. The summed E-state index contributed by atoms with van der Waals surface area (Å²) in [6.07, 6.45) is 1.44. The predicted molar refractivity (Wildman–Crippen MR) is 100 cm³/mol. The molecule has 0 aliphatic rings. The van der Waals surface area contributed by atoms with Crippen molar-refractivity contribution >= 4 is 27.3 Å². The van der Waals surface area contributed by atoms with Crippen LogP contribution in [-0.4, -0.2) is 19.2 Å². The second-order valence-electron chi connectivity index (χ2n) is 5.69. The summed E-state index contributed by atoms with van der Waals surface area (Å²) >= 11 is 0. The zero-order valence-corrected chi connectivity index (χ0v) is 15.2. The van der Waals surface area contributed by atoms with Crippen LogP contribution in [0.3, 0.4) is 0 Å². The third-order valence-corrected chi connectivity index (χ3v) is 5.18. The van der Waals surface area contributed by atoms with Gasteiger partial charge in [-0.1, -0.05) is 6.07 Å². The molecule has 2 N–H and O–H groups in total. The van der Waals surface area contributed by atoms with E-state index in [1.54, 1.807) is 12.1 Å². The van der Waals surface area contributed by atoms with Gasteiger partial charge in [0.05, 0.1) is 22.6 Å². The maximum atomic E-state index is 12.3. The lowest BCUT2D eigenvalue weighted by atomic mass is 10.2. The third-order valence-electron chi connectivity index (χ3n) is 3.76. The van der Waals surface area contributed by atoms with Gasteiger partial charge in [-0.25, -0.2) is 13.1 Å². The van der Waals surface area contributed by atoms with Crippen LogP contribution in [0.25, 0.3) is 0 Å². The minimum Gasteiger partial charge on any atom is -0.468 e. The number of hydrogen-bond donors (Lipinski definition) is 2. The smallest absolute Gasteiger partial charge is 0.271 e. The van der Waals surface area contributed by atoms with Crippen molar-refractivity contribution < 1.29 is 22.6 Å².